The van der Waals surface area contributed by atoms with Crippen LogP contribution in [0.3, 0.4) is 0 Å². The lowest BCUT2D eigenvalue weighted by Gasteiger charge is -2.10. The van der Waals surface area contributed by atoms with Crippen LogP contribution in [0.25, 0.3) is 0 Å². The Kier molecular flexibility index (Phi) is 4.10. The van der Waals surface area contributed by atoms with E-state index in [1.165, 1.54) is 32.0 Å². The Morgan fingerprint density at radius 1 is 0.889 bits per heavy atom. The average Bonchev–Trinajstić information content (AvgIpc) is 2.36. The third-order valence-corrected chi connectivity index (χ3v) is 4.38. The van der Waals surface area contributed by atoms with Crippen LogP contribution in [0.5, 0.6) is 0 Å². The van der Waals surface area contributed by atoms with Gasteiger partial charge in [-0.25, -0.2) is 0 Å². The van der Waals surface area contributed by atoms with Gasteiger partial charge in [0, 0.05) is 16.3 Å². The minimum absolute atomic E-state index is 0.606. The Balaban J connectivity index is 2.31. The molecule has 0 fully saturated rings. The summed E-state index contributed by atoms with van der Waals surface area (Å²) in [6, 6.07) is 13.0. The van der Waals surface area contributed by atoms with Gasteiger partial charge in [-0.05, 0) is 55.2 Å². The van der Waals surface area contributed by atoms with Crippen LogP contribution in [0.4, 0.5) is 0 Å². The van der Waals surface area contributed by atoms with E-state index in [1.54, 1.807) is 0 Å². The van der Waals surface area contributed by atoms with Gasteiger partial charge in [0.05, 0.1) is 0 Å². The molecule has 0 bridgehead atoms. The average molecular weight is 257 g/mol. The molecule has 18 heavy (non-hydrogen) atoms. The highest BCUT2D eigenvalue weighted by Crippen LogP contribution is 2.33. The van der Waals surface area contributed by atoms with E-state index in [1.807, 2.05) is 11.8 Å². The molecule has 2 aromatic carbocycles. The van der Waals surface area contributed by atoms with Crippen LogP contribution in [0.2, 0.25) is 0 Å². The lowest BCUT2D eigenvalue weighted by molar-refractivity contribution is 1.05. The van der Waals surface area contributed by atoms with Crippen LogP contribution in [-0.4, -0.2) is 0 Å². The van der Waals surface area contributed by atoms with Crippen molar-refractivity contribution in [3.63, 3.8) is 0 Å². The maximum atomic E-state index is 5.66. The van der Waals surface area contributed by atoms with E-state index in [0.29, 0.717) is 6.54 Å². The van der Waals surface area contributed by atoms with Crippen molar-refractivity contribution in [1.82, 2.24) is 0 Å². The van der Waals surface area contributed by atoms with E-state index in [2.05, 4.69) is 57.2 Å². The van der Waals surface area contributed by atoms with E-state index in [9.17, 15) is 0 Å². The van der Waals surface area contributed by atoms with Crippen molar-refractivity contribution in [1.29, 1.82) is 0 Å². The van der Waals surface area contributed by atoms with Crippen molar-refractivity contribution in [3.05, 3.63) is 58.7 Å². The Morgan fingerprint density at radius 2 is 1.67 bits per heavy atom. The summed E-state index contributed by atoms with van der Waals surface area (Å²) in [5.74, 6) is 0. The summed E-state index contributed by atoms with van der Waals surface area (Å²) >= 11 is 1.83. The molecule has 0 radical (unpaired) electrons. The van der Waals surface area contributed by atoms with Crippen molar-refractivity contribution in [2.75, 3.05) is 0 Å². The molecular weight excluding hydrogens is 238 g/mol. The number of hydrogen-bond donors (Lipinski definition) is 1. The molecule has 0 aliphatic carbocycles. The van der Waals surface area contributed by atoms with Crippen LogP contribution < -0.4 is 5.73 Å². The first-order valence-corrected chi connectivity index (χ1v) is 6.96. The van der Waals surface area contributed by atoms with Crippen molar-refractivity contribution in [3.8, 4) is 0 Å². The summed E-state index contributed by atoms with van der Waals surface area (Å²) in [4.78, 5) is 2.64. The topological polar surface area (TPSA) is 26.0 Å². The number of hydrogen-bond acceptors (Lipinski definition) is 2. The lowest BCUT2D eigenvalue weighted by Crippen LogP contribution is -1.96. The molecule has 2 rings (SSSR count). The number of nitrogens with two attached hydrogens (primary N) is 1. The Hall–Kier alpha value is -1.25. The van der Waals surface area contributed by atoms with Gasteiger partial charge >= 0.3 is 0 Å². The van der Waals surface area contributed by atoms with Gasteiger partial charge in [0.25, 0.3) is 0 Å². The first-order chi connectivity index (χ1) is 8.60. The zero-order chi connectivity index (χ0) is 13.1. The summed E-state index contributed by atoms with van der Waals surface area (Å²) in [5, 5.41) is 0. The summed E-state index contributed by atoms with van der Waals surface area (Å²) in [7, 11) is 0. The number of rotatable bonds is 3. The van der Waals surface area contributed by atoms with Crippen LogP contribution in [0.1, 0.15) is 22.3 Å². The van der Waals surface area contributed by atoms with Gasteiger partial charge in [0.15, 0.2) is 0 Å². The molecule has 0 aromatic heterocycles. The Morgan fingerprint density at radius 3 is 2.33 bits per heavy atom. The molecule has 0 unspecified atom stereocenters. The van der Waals surface area contributed by atoms with E-state index < -0.39 is 0 Å². The van der Waals surface area contributed by atoms with E-state index in [0.717, 1.165) is 0 Å². The fourth-order valence-electron chi connectivity index (χ4n) is 1.89. The highest BCUT2D eigenvalue weighted by molar-refractivity contribution is 7.99. The standard InChI is InChI=1S/C16H19NS/c1-11-4-5-12(2)16(8-11)18-15-7-6-14(10-17)9-13(15)3/h4-9H,10,17H2,1-3H3. The van der Waals surface area contributed by atoms with Gasteiger partial charge in [0.1, 0.15) is 0 Å². The Labute approximate surface area is 113 Å². The van der Waals surface area contributed by atoms with Crippen molar-refractivity contribution in [2.24, 2.45) is 5.73 Å². The van der Waals surface area contributed by atoms with Gasteiger partial charge in [0.2, 0.25) is 0 Å². The fourth-order valence-corrected chi connectivity index (χ4v) is 2.96. The van der Waals surface area contributed by atoms with Crippen molar-refractivity contribution < 1.29 is 0 Å². The second-order valence-corrected chi connectivity index (χ2v) is 5.76. The molecule has 0 saturated carbocycles. The third-order valence-electron chi connectivity index (χ3n) is 3.04. The van der Waals surface area contributed by atoms with Crippen molar-refractivity contribution in [2.45, 2.75) is 37.1 Å². The van der Waals surface area contributed by atoms with Gasteiger partial charge in [-0.1, -0.05) is 36.0 Å². The van der Waals surface area contributed by atoms with E-state index in [4.69, 9.17) is 5.73 Å². The molecule has 0 atom stereocenters. The van der Waals surface area contributed by atoms with Crippen LogP contribution in [0, 0.1) is 20.8 Å². The first-order valence-electron chi connectivity index (χ1n) is 6.15. The zero-order valence-electron chi connectivity index (χ0n) is 11.2. The molecule has 94 valence electrons. The minimum Gasteiger partial charge on any atom is -0.326 e. The SMILES string of the molecule is Cc1ccc(C)c(Sc2ccc(CN)cc2C)c1. The van der Waals surface area contributed by atoms with Gasteiger partial charge in [-0.2, -0.15) is 0 Å². The molecule has 0 aliphatic rings. The predicted molar refractivity (Wildman–Crippen MR) is 79.1 cm³/mol. The van der Waals surface area contributed by atoms with E-state index >= 15 is 0 Å². The second-order valence-electron chi connectivity index (χ2n) is 4.67. The molecule has 0 heterocycles. The van der Waals surface area contributed by atoms with Crippen LogP contribution in [0.15, 0.2) is 46.2 Å². The molecular formula is C16H19NS. The summed E-state index contributed by atoms with van der Waals surface area (Å²) in [6.07, 6.45) is 0. The second kappa shape index (κ2) is 5.59. The monoisotopic (exact) mass is 257 g/mol. The number of aryl methyl sites for hydroxylation is 3. The largest absolute Gasteiger partial charge is 0.326 e. The predicted octanol–water partition coefficient (Wildman–Crippen LogP) is 4.22. The molecule has 2 heteroatoms. The Bertz CT molecular complexity index is 561. The van der Waals surface area contributed by atoms with Gasteiger partial charge in [-0.3, -0.25) is 0 Å². The van der Waals surface area contributed by atoms with Crippen LogP contribution >= 0.6 is 11.8 Å². The smallest absolute Gasteiger partial charge is 0.0178 e. The molecule has 2 aromatic rings. The fraction of sp³-hybridized carbons (Fsp3) is 0.250. The minimum atomic E-state index is 0.606. The van der Waals surface area contributed by atoms with Gasteiger partial charge < -0.3 is 5.73 Å². The summed E-state index contributed by atoms with van der Waals surface area (Å²) in [6.45, 7) is 7.04. The normalized spacial score (nSPS) is 10.7. The lowest BCUT2D eigenvalue weighted by atomic mass is 10.1. The van der Waals surface area contributed by atoms with Gasteiger partial charge in [-0.15, -0.1) is 0 Å². The molecule has 1 nitrogen and oxygen atoms in total. The van der Waals surface area contributed by atoms with Crippen LogP contribution in [-0.2, 0) is 6.54 Å². The maximum absolute atomic E-state index is 5.66. The molecule has 0 amide bonds. The quantitative estimate of drug-likeness (QED) is 0.891. The molecule has 2 N–H and O–H groups in total. The molecule has 0 aliphatic heterocycles. The molecule has 0 saturated heterocycles. The maximum Gasteiger partial charge on any atom is 0.0178 e. The highest BCUT2D eigenvalue weighted by atomic mass is 32.2. The van der Waals surface area contributed by atoms with E-state index in [-0.39, 0.29) is 0 Å². The highest BCUT2D eigenvalue weighted by Gasteiger charge is 2.05. The third kappa shape index (κ3) is 2.95. The molecule has 0 spiro atoms. The number of benzene rings is 2. The summed E-state index contributed by atoms with van der Waals surface area (Å²) < 4.78 is 0. The summed E-state index contributed by atoms with van der Waals surface area (Å²) in [5.41, 5.74) is 10.8. The first kappa shape index (κ1) is 13.2. The van der Waals surface area contributed by atoms with Crippen molar-refractivity contribution >= 4 is 11.8 Å². The zero-order valence-corrected chi connectivity index (χ0v) is 12.0.